The summed E-state index contributed by atoms with van der Waals surface area (Å²) in [6.45, 7) is 1.29. The van der Waals surface area contributed by atoms with Crippen molar-refractivity contribution in [1.82, 2.24) is 15.0 Å². The number of phenolic OH excluding ortho intramolecular Hbond substituents is 4. The van der Waals surface area contributed by atoms with E-state index in [2.05, 4.69) is 55.5 Å². The van der Waals surface area contributed by atoms with Gasteiger partial charge >= 0.3 is 21.6 Å². The number of alkyl halides is 3. The van der Waals surface area contributed by atoms with Gasteiger partial charge in [0.15, 0.2) is 0 Å². The fourth-order valence-electron chi connectivity index (χ4n) is 14.8. The van der Waals surface area contributed by atoms with E-state index in [1.165, 1.54) is 71.9 Å². The molecule has 0 bridgehead atoms. The van der Waals surface area contributed by atoms with Crippen molar-refractivity contribution >= 4 is 21.9 Å². The predicted molar refractivity (Wildman–Crippen MR) is 435 cm³/mol. The third-order valence-corrected chi connectivity index (χ3v) is 23.0. The smallest absolute Gasteiger partial charge is 0.508 e. The third kappa shape index (κ3) is 20.8. The molecule has 115 heavy (non-hydrogen) atoms. The average Bonchev–Trinajstić information content (AvgIpc) is 0.770. The molecule has 0 radical (unpaired) electrons. The minimum absolute atomic E-state index is 0.0220. The van der Waals surface area contributed by atoms with Gasteiger partial charge in [0.1, 0.15) is 71.6 Å². The molecule has 0 spiro atoms. The number of Topliss-reactive ketones (excluding diaryl/α,β-unsaturated/α-hetero) is 1. The van der Waals surface area contributed by atoms with Gasteiger partial charge in [-0.3, -0.25) is 19.7 Å². The Kier molecular flexibility index (Phi) is 27.2. The number of esters is 1. The maximum absolute atomic E-state index is 12.5. The van der Waals surface area contributed by atoms with E-state index in [-0.39, 0.29) is 33.4 Å². The molecule has 5 fully saturated rings. The Bertz CT molecular complexity index is 5110. The number of aromatic hydroxyl groups is 4. The molecule has 5 aliphatic rings. The van der Waals surface area contributed by atoms with E-state index in [0.717, 1.165) is 117 Å². The Labute approximate surface area is 669 Å². The lowest BCUT2D eigenvalue weighted by molar-refractivity contribution is -0.123. The Morgan fingerprint density at radius 1 is 0.357 bits per heavy atom. The topological polar surface area (TPSA) is 234 Å². The molecule has 0 atom stereocenters. The number of rotatable bonds is 20. The summed E-state index contributed by atoms with van der Waals surface area (Å²) in [6.07, 6.45) is 21.3. The monoisotopic (exact) mass is 1570 g/mol. The number of phenols is 4. The number of carbonyl (C=O) groups excluding carboxylic acids is 2. The number of carbonyl (C=O) groups is 2. The number of methoxy groups -OCH3 is 1. The summed E-state index contributed by atoms with van der Waals surface area (Å²) in [5.41, 5.74) is 7.23. The first-order chi connectivity index (χ1) is 55.7. The molecule has 4 N–H and O–H groups in total. The van der Waals surface area contributed by atoms with Crippen molar-refractivity contribution < 1.29 is 74.7 Å². The van der Waals surface area contributed by atoms with Crippen LogP contribution < -0.4 is 18.4 Å². The third-order valence-electron chi connectivity index (χ3n) is 22.1. The zero-order chi connectivity index (χ0) is 80.7. The van der Waals surface area contributed by atoms with Gasteiger partial charge in [0.25, 0.3) is 0 Å². The van der Waals surface area contributed by atoms with Crippen LogP contribution in [0, 0.1) is 0 Å². The van der Waals surface area contributed by atoms with Crippen molar-refractivity contribution in [1.29, 1.82) is 0 Å². The number of benzene rings is 9. The number of halogens is 3. The molecule has 5 aliphatic carbocycles. The highest BCUT2D eigenvalue weighted by Crippen LogP contribution is 2.53. The standard InChI is InChI=1S/C24H23NO3.C23H20F3NO4S.C22H21NO2.C16H16O2.C6H6O.C4H6O/c1-27-23(26)18-6-8-19(9-7-18)24(14-4-15-24)20-10-12-22(13-11-20)28-17-21-5-2-3-16-25-21;24-23(25,26)32(28,29)31-21-11-7-18(8-12-21)22(13-3-14-22)17-5-9-20(10-6-17)30-16-19-4-1-2-15-27-19;24-20-9-5-17(6-10-20)22(13-3-14-22)18-7-11-21(12-8-18)25-16-19-4-1-2-15-23-19;17-14-6-2-12(3-7-14)16(10-1-11-16)13-4-8-15(18)9-5-13;7-6-4-2-1-3-5-6;5-4-2-1-3-4/h2-3,5-13,16H,4,14-15,17H2,1H3;1-2,4-12,15H,3,13-14,16H2;1-2,4-12,15,24H,3,13-14,16H2;2-9,17-18H,1,10-11H2;1-5,7H;1-3H2. The molecule has 0 aliphatic heterocycles. The molecule has 5 saturated carbocycles. The molecule has 12 aromatic rings. The number of hydrogen-bond acceptors (Lipinski definition) is 16. The first kappa shape index (κ1) is 82.2. The van der Waals surface area contributed by atoms with Crippen LogP contribution in [-0.2, 0) is 61.1 Å². The predicted octanol–water partition coefficient (Wildman–Crippen LogP) is 20.8. The molecular weight excluding hydrogens is 1480 g/mol. The Morgan fingerprint density at radius 2 is 0.609 bits per heavy atom. The fourth-order valence-corrected chi connectivity index (χ4v) is 15.2. The van der Waals surface area contributed by atoms with Gasteiger partial charge in [0.2, 0.25) is 0 Å². The van der Waals surface area contributed by atoms with Crippen molar-refractivity contribution in [3.8, 4) is 46.0 Å². The van der Waals surface area contributed by atoms with Gasteiger partial charge in [0, 0.05) is 53.1 Å². The van der Waals surface area contributed by atoms with Gasteiger partial charge in [-0.05, 0) is 248 Å². The second-order valence-electron chi connectivity index (χ2n) is 29.1. The zero-order valence-corrected chi connectivity index (χ0v) is 64.7. The van der Waals surface area contributed by atoms with Crippen molar-refractivity contribution in [3.63, 3.8) is 0 Å². The summed E-state index contributed by atoms with van der Waals surface area (Å²) >= 11 is 0. The van der Waals surface area contributed by atoms with Crippen LogP contribution in [0.2, 0.25) is 0 Å². The van der Waals surface area contributed by atoms with Crippen LogP contribution in [0.5, 0.6) is 46.0 Å². The molecule has 0 amide bonds. The molecule has 3 aromatic heterocycles. The van der Waals surface area contributed by atoms with Crippen molar-refractivity contribution in [2.75, 3.05) is 7.11 Å². The largest absolute Gasteiger partial charge is 0.534 e. The number of hydrogen-bond donors (Lipinski definition) is 4. The fraction of sp³-hybridized carbons (Fsp3) is 0.253. The first-order valence-corrected chi connectivity index (χ1v) is 39.9. The van der Waals surface area contributed by atoms with Crippen molar-refractivity contribution in [2.45, 2.75) is 143 Å². The summed E-state index contributed by atoms with van der Waals surface area (Å²) in [6, 6.07) is 86.6. The minimum Gasteiger partial charge on any atom is -0.508 e. The molecule has 0 saturated heterocycles. The maximum atomic E-state index is 12.5. The molecule has 0 unspecified atom stereocenters. The van der Waals surface area contributed by atoms with Crippen LogP contribution in [0.3, 0.4) is 0 Å². The summed E-state index contributed by atoms with van der Waals surface area (Å²) in [5.74, 6) is 3.40. The molecule has 9 aromatic carbocycles. The average molecular weight is 1570 g/mol. The van der Waals surface area contributed by atoms with Gasteiger partial charge in [0.05, 0.1) is 29.8 Å². The van der Waals surface area contributed by atoms with Crippen molar-refractivity contribution in [3.05, 3.63) is 365 Å². The Morgan fingerprint density at radius 3 is 0.817 bits per heavy atom. The van der Waals surface area contributed by atoms with Gasteiger partial charge in [-0.15, -0.1) is 0 Å². The number of para-hydroxylation sites is 1. The van der Waals surface area contributed by atoms with Crippen molar-refractivity contribution in [2.24, 2.45) is 0 Å². The zero-order valence-electron chi connectivity index (χ0n) is 63.9. The summed E-state index contributed by atoms with van der Waals surface area (Å²) in [5, 5.41) is 37.0. The highest BCUT2D eigenvalue weighted by molar-refractivity contribution is 7.88. The lowest BCUT2D eigenvalue weighted by atomic mass is 9.60. The van der Waals surface area contributed by atoms with Crippen LogP contribution in [0.25, 0.3) is 0 Å². The highest BCUT2D eigenvalue weighted by atomic mass is 32.2. The SMILES string of the molecule is COC(=O)c1ccc(C2(c3ccc(OCc4ccccn4)cc3)CCC2)cc1.O=C1CCC1.O=S(=O)(Oc1ccc(C2(c3ccc(OCc4ccccn4)cc3)CCC2)cc1)C(F)(F)F.Oc1ccc(C2(c3ccc(O)cc3)CCC2)cc1.Oc1ccc(C2(c3ccc(OCc4ccccn4)cc3)CCC2)cc1.Oc1ccccc1. The second-order valence-corrected chi connectivity index (χ2v) is 30.6. The lowest BCUT2D eigenvalue weighted by Gasteiger charge is -2.43. The summed E-state index contributed by atoms with van der Waals surface area (Å²) in [7, 11) is -4.29. The summed E-state index contributed by atoms with van der Waals surface area (Å²) < 4.78 is 86.5. The Balaban J connectivity index is 0.000000136. The molecule has 20 heteroatoms. The van der Waals surface area contributed by atoms with E-state index in [0.29, 0.717) is 59.9 Å². The number of nitrogens with zero attached hydrogens (tertiary/aromatic N) is 3. The van der Waals surface area contributed by atoms with Crippen LogP contribution in [0.15, 0.2) is 298 Å². The summed E-state index contributed by atoms with van der Waals surface area (Å²) in [4.78, 5) is 34.4. The number of ether oxygens (including phenoxy) is 4. The molecule has 16 nitrogen and oxygen atoms in total. The number of ketones is 1. The minimum atomic E-state index is -5.69. The normalized spacial score (nSPS) is 15.4. The van der Waals surface area contributed by atoms with E-state index in [1.807, 2.05) is 158 Å². The van der Waals surface area contributed by atoms with E-state index < -0.39 is 15.6 Å². The van der Waals surface area contributed by atoms with Gasteiger partial charge in [-0.25, -0.2) is 4.79 Å². The first-order valence-electron chi connectivity index (χ1n) is 38.5. The van der Waals surface area contributed by atoms with E-state index in [1.54, 1.807) is 91.4 Å². The van der Waals surface area contributed by atoms with Crippen LogP contribution in [-0.4, -0.2) is 68.2 Å². The van der Waals surface area contributed by atoms with Crippen LogP contribution in [0.1, 0.15) is 168 Å². The Hall–Kier alpha value is -12.3. The van der Waals surface area contributed by atoms with E-state index in [9.17, 15) is 46.5 Å². The van der Waals surface area contributed by atoms with Crippen LogP contribution >= 0.6 is 0 Å². The van der Waals surface area contributed by atoms with Gasteiger partial charge in [-0.2, -0.15) is 21.6 Å². The van der Waals surface area contributed by atoms with Crippen LogP contribution in [0.4, 0.5) is 13.2 Å². The highest BCUT2D eigenvalue weighted by Gasteiger charge is 2.49. The van der Waals surface area contributed by atoms with E-state index >= 15 is 0 Å². The quantitative estimate of drug-likeness (QED) is 0.0315. The van der Waals surface area contributed by atoms with Gasteiger partial charge < -0.3 is 43.6 Å². The molecular formula is C95H92F3N3O13S. The molecule has 17 rings (SSSR count). The molecule has 3 heterocycles. The number of aromatic nitrogens is 3. The van der Waals surface area contributed by atoms with Gasteiger partial charge in [-0.1, -0.05) is 159 Å². The maximum Gasteiger partial charge on any atom is 0.534 e. The molecule has 592 valence electrons. The van der Waals surface area contributed by atoms with E-state index in [4.69, 9.17) is 24.1 Å². The number of pyridine rings is 3. The lowest BCUT2D eigenvalue weighted by Crippen LogP contribution is -2.35. The second kappa shape index (κ2) is 38.0.